The van der Waals surface area contributed by atoms with Gasteiger partial charge in [-0.2, -0.15) is 0 Å². The Bertz CT molecular complexity index is 408. The highest BCUT2D eigenvalue weighted by molar-refractivity contribution is 5.59. The van der Waals surface area contributed by atoms with Crippen LogP contribution in [0.3, 0.4) is 0 Å². The predicted octanol–water partition coefficient (Wildman–Crippen LogP) is 3.71. The zero-order valence-electron chi connectivity index (χ0n) is 11.9. The highest BCUT2D eigenvalue weighted by Crippen LogP contribution is 2.26. The molecule has 19 heavy (non-hydrogen) atoms. The van der Waals surface area contributed by atoms with Gasteiger partial charge in [0, 0.05) is 18.8 Å². The van der Waals surface area contributed by atoms with E-state index in [4.69, 9.17) is 0 Å². The minimum absolute atomic E-state index is 0.918. The van der Waals surface area contributed by atoms with Gasteiger partial charge in [0.05, 0.1) is 0 Å². The van der Waals surface area contributed by atoms with Gasteiger partial charge in [-0.1, -0.05) is 37.5 Å². The van der Waals surface area contributed by atoms with Gasteiger partial charge in [0.25, 0.3) is 0 Å². The predicted molar refractivity (Wildman–Crippen MR) is 81.5 cm³/mol. The van der Waals surface area contributed by atoms with Crippen molar-refractivity contribution in [2.45, 2.75) is 51.5 Å². The molecule has 0 atom stereocenters. The zero-order chi connectivity index (χ0) is 12.9. The van der Waals surface area contributed by atoms with Crippen molar-refractivity contribution < 1.29 is 0 Å². The summed E-state index contributed by atoms with van der Waals surface area (Å²) in [5.74, 6) is 0.918. The van der Waals surface area contributed by atoms with E-state index in [1.807, 2.05) is 0 Å². The Labute approximate surface area is 117 Å². The van der Waals surface area contributed by atoms with E-state index in [9.17, 15) is 0 Å². The molecular formula is C17H26N2. The Morgan fingerprint density at radius 3 is 2.89 bits per heavy atom. The molecule has 1 aromatic carbocycles. The van der Waals surface area contributed by atoms with Crippen LogP contribution in [0.4, 0.5) is 5.69 Å². The molecule has 2 aliphatic rings. The maximum Gasteiger partial charge on any atom is 0.0418 e. The average molecular weight is 258 g/mol. The van der Waals surface area contributed by atoms with E-state index in [-0.39, 0.29) is 0 Å². The summed E-state index contributed by atoms with van der Waals surface area (Å²) in [5, 5.41) is 7.26. The number of para-hydroxylation sites is 1. The molecule has 1 aliphatic carbocycles. The fourth-order valence-electron chi connectivity index (χ4n) is 3.53. The van der Waals surface area contributed by atoms with Gasteiger partial charge in [-0.3, -0.25) is 0 Å². The molecule has 104 valence electrons. The molecule has 0 spiro atoms. The molecule has 1 fully saturated rings. The fourth-order valence-corrected chi connectivity index (χ4v) is 3.53. The summed E-state index contributed by atoms with van der Waals surface area (Å²) in [4.78, 5) is 0. The molecule has 1 heterocycles. The van der Waals surface area contributed by atoms with Crippen molar-refractivity contribution >= 4 is 5.69 Å². The summed E-state index contributed by atoms with van der Waals surface area (Å²) in [6.45, 7) is 3.35. The van der Waals surface area contributed by atoms with Gasteiger partial charge < -0.3 is 10.6 Å². The van der Waals surface area contributed by atoms with E-state index in [0.29, 0.717) is 0 Å². The van der Waals surface area contributed by atoms with Crippen molar-refractivity contribution in [2.75, 3.05) is 18.4 Å². The van der Waals surface area contributed by atoms with Gasteiger partial charge in [0.15, 0.2) is 0 Å². The molecule has 2 N–H and O–H groups in total. The van der Waals surface area contributed by atoms with Gasteiger partial charge in [0.2, 0.25) is 0 Å². The summed E-state index contributed by atoms with van der Waals surface area (Å²) < 4.78 is 0. The first-order valence-electron chi connectivity index (χ1n) is 7.99. The Kier molecular flexibility index (Phi) is 4.39. The average Bonchev–Trinajstić information content (AvgIpc) is 2.49. The fraction of sp³-hybridized carbons (Fsp3) is 0.647. The Hall–Kier alpha value is -1.02. The van der Waals surface area contributed by atoms with Crippen LogP contribution < -0.4 is 10.6 Å². The minimum atomic E-state index is 0.918. The van der Waals surface area contributed by atoms with Crippen LogP contribution in [0.2, 0.25) is 0 Å². The van der Waals surface area contributed by atoms with Gasteiger partial charge in [-0.05, 0) is 49.3 Å². The third-order valence-electron chi connectivity index (χ3n) is 4.63. The number of anilines is 1. The zero-order valence-corrected chi connectivity index (χ0v) is 11.9. The number of aryl methyl sites for hydroxylation is 1. The van der Waals surface area contributed by atoms with Crippen LogP contribution in [0, 0.1) is 5.92 Å². The van der Waals surface area contributed by atoms with Crippen LogP contribution in [-0.2, 0) is 13.0 Å². The molecule has 0 radical (unpaired) electrons. The van der Waals surface area contributed by atoms with Crippen molar-refractivity contribution in [3.05, 3.63) is 29.3 Å². The molecule has 2 heteroatoms. The molecule has 1 aromatic rings. The highest BCUT2D eigenvalue weighted by Gasteiger charge is 2.14. The third kappa shape index (κ3) is 3.30. The van der Waals surface area contributed by atoms with E-state index in [1.54, 1.807) is 0 Å². The first kappa shape index (κ1) is 13.0. The number of fused-ring (bicyclic) bond motifs is 1. The van der Waals surface area contributed by atoms with Crippen molar-refractivity contribution in [2.24, 2.45) is 5.92 Å². The molecule has 1 aliphatic heterocycles. The normalized spacial score (nSPS) is 19.8. The molecule has 0 bridgehead atoms. The Balaban J connectivity index is 1.54. The highest BCUT2D eigenvalue weighted by atomic mass is 14.9. The number of benzene rings is 1. The molecule has 0 aromatic heterocycles. The second kappa shape index (κ2) is 6.42. The monoisotopic (exact) mass is 258 g/mol. The number of rotatable bonds is 4. The van der Waals surface area contributed by atoms with Crippen LogP contribution in [0.5, 0.6) is 0 Å². The van der Waals surface area contributed by atoms with Crippen LogP contribution in [-0.4, -0.2) is 13.1 Å². The first-order valence-corrected chi connectivity index (χ1v) is 7.99. The van der Waals surface area contributed by atoms with Gasteiger partial charge in [-0.25, -0.2) is 0 Å². The van der Waals surface area contributed by atoms with Crippen LogP contribution in [0.25, 0.3) is 0 Å². The van der Waals surface area contributed by atoms with E-state index in [1.165, 1.54) is 68.3 Å². The Morgan fingerprint density at radius 2 is 2.00 bits per heavy atom. The van der Waals surface area contributed by atoms with Crippen molar-refractivity contribution in [3.8, 4) is 0 Å². The van der Waals surface area contributed by atoms with E-state index in [0.717, 1.165) is 19.0 Å². The molecule has 3 rings (SSSR count). The lowest BCUT2D eigenvalue weighted by Crippen LogP contribution is -2.25. The van der Waals surface area contributed by atoms with Crippen LogP contribution >= 0.6 is 0 Å². The van der Waals surface area contributed by atoms with Crippen LogP contribution in [0.1, 0.15) is 49.7 Å². The van der Waals surface area contributed by atoms with E-state index in [2.05, 4.69) is 28.8 Å². The lowest BCUT2D eigenvalue weighted by atomic mass is 9.89. The lowest BCUT2D eigenvalue weighted by Gasteiger charge is -2.24. The lowest BCUT2D eigenvalue weighted by molar-refractivity contribution is 0.342. The third-order valence-corrected chi connectivity index (χ3v) is 4.63. The molecular weight excluding hydrogens is 232 g/mol. The van der Waals surface area contributed by atoms with Gasteiger partial charge in [0.1, 0.15) is 0 Å². The largest absolute Gasteiger partial charge is 0.385 e. The summed E-state index contributed by atoms with van der Waals surface area (Å²) in [7, 11) is 0. The molecule has 1 saturated carbocycles. The Morgan fingerprint density at radius 1 is 1.11 bits per heavy atom. The second-order valence-corrected chi connectivity index (χ2v) is 6.12. The molecule has 0 saturated heterocycles. The van der Waals surface area contributed by atoms with E-state index >= 15 is 0 Å². The number of hydrogen-bond donors (Lipinski definition) is 2. The van der Waals surface area contributed by atoms with Crippen molar-refractivity contribution in [1.29, 1.82) is 0 Å². The molecule has 0 unspecified atom stereocenters. The van der Waals surface area contributed by atoms with Crippen LogP contribution in [0.15, 0.2) is 18.2 Å². The smallest absolute Gasteiger partial charge is 0.0418 e. The quantitative estimate of drug-likeness (QED) is 0.860. The van der Waals surface area contributed by atoms with Crippen molar-refractivity contribution in [3.63, 3.8) is 0 Å². The van der Waals surface area contributed by atoms with Crippen molar-refractivity contribution in [1.82, 2.24) is 5.32 Å². The summed E-state index contributed by atoms with van der Waals surface area (Å²) >= 11 is 0. The molecule has 0 amide bonds. The number of nitrogens with one attached hydrogen (secondary N) is 2. The second-order valence-electron chi connectivity index (χ2n) is 6.12. The van der Waals surface area contributed by atoms with Gasteiger partial charge in [-0.15, -0.1) is 0 Å². The topological polar surface area (TPSA) is 24.1 Å². The summed E-state index contributed by atoms with van der Waals surface area (Å²) in [5.41, 5.74) is 4.36. The summed E-state index contributed by atoms with van der Waals surface area (Å²) in [6.07, 6.45) is 9.69. The van der Waals surface area contributed by atoms with E-state index < -0.39 is 0 Å². The standard InChI is InChI=1S/C17H26N2/c1-2-6-14(7-3-1)12-18-13-16-9-4-8-15-10-5-11-19-17(15)16/h4,8-9,14,18-19H,1-3,5-7,10-13H2. The van der Waals surface area contributed by atoms with Gasteiger partial charge >= 0.3 is 0 Å². The first-order chi connectivity index (χ1) is 9.43. The SMILES string of the molecule is c1cc2c(c(CNCC3CCCCC3)c1)NCCC2. The summed E-state index contributed by atoms with van der Waals surface area (Å²) in [6, 6.07) is 6.75. The maximum atomic E-state index is 3.68. The maximum absolute atomic E-state index is 3.68. The number of hydrogen-bond acceptors (Lipinski definition) is 2. The molecule has 2 nitrogen and oxygen atoms in total. The minimum Gasteiger partial charge on any atom is -0.385 e.